The fraction of sp³-hybridized carbons (Fsp3) is 0.900. The van der Waals surface area contributed by atoms with Gasteiger partial charge in [-0.2, -0.15) is 0 Å². The molecule has 0 bridgehead atoms. The van der Waals surface area contributed by atoms with E-state index in [2.05, 4.69) is 0 Å². The molecule has 0 fully saturated rings. The van der Waals surface area contributed by atoms with E-state index in [4.69, 9.17) is 10.5 Å². The van der Waals surface area contributed by atoms with Crippen molar-refractivity contribution in [1.29, 1.82) is 0 Å². The van der Waals surface area contributed by atoms with Crippen LogP contribution in [-0.2, 0) is 9.53 Å². The first-order valence-corrected chi connectivity index (χ1v) is 4.86. The van der Waals surface area contributed by atoms with Gasteiger partial charge in [-0.25, -0.2) is 0 Å². The molecule has 0 saturated heterocycles. The second kappa shape index (κ2) is 7.91. The molecular weight excluding hydrogens is 216 g/mol. The molecule has 0 aliphatic carbocycles. The number of carbonyl (C=O) groups is 1. The first-order chi connectivity index (χ1) is 6.43. The fourth-order valence-corrected chi connectivity index (χ4v) is 1.18. The molecule has 0 spiro atoms. The monoisotopic (exact) mass is 238 g/mol. The van der Waals surface area contributed by atoms with Gasteiger partial charge in [0, 0.05) is 20.7 Å². The summed E-state index contributed by atoms with van der Waals surface area (Å²) in [4.78, 5) is 13.2. The number of hydrogen-bond acceptors (Lipinski definition) is 3. The molecule has 0 aliphatic rings. The molecule has 0 atom stereocenters. The third-order valence-corrected chi connectivity index (χ3v) is 2.16. The highest BCUT2D eigenvalue weighted by atomic mass is 35.5. The molecule has 0 radical (unpaired) electrons. The number of amides is 1. The van der Waals surface area contributed by atoms with E-state index in [0.29, 0.717) is 26.1 Å². The molecular formula is C10H23ClN2O2. The minimum atomic E-state index is -0.0164. The van der Waals surface area contributed by atoms with Gasteiger partial charge >= 0.3 is 0 Å². The lowest BCUT2D eigenvalue weighted by Crippen LogP contribution is -2.40. The first kappa shape index (κ1) is 17.1. The summed E-state index contributed by atoms with van der Waals surface area (Å²) in [7, 11) is 3.40. The zero-order chi connectivity index (χ0) is 11.2. The van der Waals surface area contributed by atoms with Gasteiger partial charge in [-0.05, 0) is 12.0 Å². The van der Waals surface area contributed by atoms with Crippen LogP contribution in [0.2, 0.25) is 0 Å². The second-order valence-corrected chi connectivity index (χ2v) is 4.36. The van der Waals surface area contributed by atoms with Gasteiger partial charge in [0.25, 0.3) is 0 Å². The van der Waals surface area contributed by atoms with E-state index in [1.165, 1.54) is 0 Å². The highest BCUT2D eigenvalue weighted by Gasteiger charge is 2.20. The highest BCUT2D eigenvalue weighted by molar-refractivity contribution is 5.85. The Labute approximate surface area is 98.6 Å². The second-order valence-electron chi connectivity index (χ2n) is 4.36. The Morgan fingerprint density at radius 3 is 2.40 bits per heavy atom. The maximum absolute atomic E-state index is 11.5. The van der Waals surface area contributed by atoms with Gasteiger partial charge in [-0.15, -0.1) is 12.4 Å². The molecule has 0 rings (SSSR count). The molecule has 0 saturated carbocycles. The number of carbonyl (C=O) groups excluding carboxylic acids is 1. The molecule has 4 nitrogen and oxygen atoms in total. The Morgan fingerprint density at radius 2 is 2.00 bits per heavy atom. The van der Waals surface area contributed by atoms with Crippen LogP contribution in [-0.4, -0.2) is 44.7 Å². The van der Waals surface area contributed by atoms with E-state index in [9.17, 15) is 4.79 Å². The van der Waals surface area contributed by atoms with Crippen molar-refractivity contribution in [3.05, 3.63) is 0 Å². The molecule has 0 aliphatic heterocycles. The van der Waals surface area contributed by atoms with Gasteiger partial charge in [0.1, 0.15) is 0 Å². The lowest BCUT2D eigenvalue weighted by molar-refractivity contribution is -0.132. The number of nitrogens with two attached hydrogens (primary N) is 1. The Bertz CT molecular complexity index is 186. The van der Waals surface area contributed by atoms with E-state index >= 15 is 0 Å². The number of ether oxygens (including phenoxy) is 1. The van der Waals surface area contributed by atoms with Crippen molar-refractivity contribution in [1.82, 2.24) is 4.90 Å². The molecule has 0 aromatic heterocycles. The lowest BCUT2D eigenvalue weighted by atomic mass is 9.93. The normalized spacial score (nSPS) is 10.7. The number of nitrogens with zero attached hydrogens (tertiary/aromatic N) is 1. The standard InChI is InChI=1S/C10H22N2O2.ClH/c1-10(2,7-11)8-12(3)9(13)5-6-14-4;/h5-8,11H2,1-4H3;1H. The van der Waals surface area contributed by atoms with Gasteiger partial charge in [0.05, 0.1) is 13.0 Å². The number of halogens is 1. The molecule has 1 amide bonds. The summed E-state index contributed by atoms with van der Waals surface area (Å²) in [5.74, 6) is 0.105. The van der Waals surface area contributed by atoms with Crippen LogP contribution >= 0.6 is 12.4 Å². The van der Waals surface area contributed by atoms with Crippen LogP contribution in [0.1, 0.15) is 20.3 Å². The molecule has 92 valence electrons. The lowest BCUT2D eigenvalue weighted by Gasteiger charge is -2.29. The van der Waals surface area contributed by atoms with Gasteiger partial charge in [-0.3, -0.25) is 4.79 Å². The van der Waals surface area contributed by atoms with E-state index in [0.717, 1.165) is 0 Å². The number of methoxy groups -OCH3 is 1. The van der Waals surface area contributed by atoms with E-state index < -0.39 is 0 Å². The SMILES string of the molecule is COCCC(=O)N(C)CC(C)(C)CN.Cl. The Balaban J connectivity index is 0. The molecule has 5 heteroatoms. The topological polar surface area (TPSA) is 55.6 Å². The van der Waals surface area contributed by atoms with Crippen molar-refractivity contribution in [2.24, 2.45) is 11.1 Å². The van der Waals surface area contributed by atoms with Gasteiger partial charge in [0.2, 0.25) is 5.91 Å². The van der Waals surface area contributed by atoms with Gasteiger partial charge < -0.3 is 15.4 Å². The van der Waals surface area contributed by atoms with Crippen molar-refractivity contribution in [2.45, 2.75) is 20.3 Å². The summed E-state index contributed by atoms with van der Waals surface area (Å²) in [6.45, 7) is 5.84. The third-order valence-electron chi connectivity index (χ3n) is 2.16. The summed E-state index contributed by atoms with van der Waals surface area (Å²) in [5, 5.41) is 0. The summed E-state index contributed by atoms with van der Waals surface area (Å²) in [6, 6.07) is 0. The Kier molecular flexibility index (Phi) is 9.01. The Hall–Kier alpha value is -0.320. The first-order valence-electron chi connectivity index (χ1n) is 4.86. The predicted molar refractivity (Wildman–Crippen MR) is 64.2 cm³/mol. The molecule has 0 heterocycles. The van der Waals surface area contributed by atoms with Crippen LogP contribution in [0.3, 0.4) is 0 Å². The summed E-state index contributed by atoms with van der Waals surface area (Å²) in [6.07, 6.45) is 0.438. The van der Waals surface area contributed by atoms with Crippen LogP contribution < -0.4 is 5.73 Å². The molecule has 0 unspecified atom stereocenters. The zero-order valence-electron chi connectivity index (χ0n) is 10.1. The average Bonchev–Trinajstić information content (AvgIpc) is 2.13. The molecule has 2 N–H and O–H groups in total. The molecule has 0 aromatic rings. The number of rotatable bonds is 6. The van der Waals surface area contributed by atoms with Crippen molar-refractivity contribution in [3.63, 3.8) is 0 Å². The quantitative estimate of drug-likeness (QED) is 0.748. The fourth-order valence-electron chi connectivity index (χ4n) is 1.18. The van der Waals surface area contributed by atoms with Gasteiger partial charge in [-0.1, -0.05) is 13.8 Å². The van der Waals surface area contributed by atoms with E-state index in [1.807, 2.05) is 13.8 Å². The smallest absolute Gasteiger partial charge is 0.224 e. The van der Waals surface area contributed by atoms with Crippen LogP contribution in [0.25, 0.3) is 0 Å². The highest BCUT2D eigenvalue weighted by Crippen LogP contribution is 2.14. The maximum atomic E-state index is 11.5. The van der Waals surface area contributed by atoms with Crippen LogP contribution in [0, 0.1) is 5.41 Å². The summed E-state index contributed by atoms with van der Waals surface area (Å²) >= 11 is 0. The van der Waals surface area contributed by atoms with Crippen LogP contribution in [0.5, 0.6) is 0 Å². The largest absolute Gasteiger partial charge is 0.384 e. The van der Waals surface area contributed by atoms with Crippen molar-refractivity contribution >= 4 is 18.3 Å². The third kappa shape index (κ3) is 7.59. The Morgan fingerprint density at radius 1 is 1.47 bits per heavy atom. The van der Waals surface area contributed by atoms with Crippen molar-refractivity contribution in [2.75, 3.05) is 33.9 Å². The summed E-state index contributed by atoms with van der Waals surface area (Å²) in [5.41, 5.74) is 5.58. The molecule has 15 heavy (non-hydrogen) atoms. The minimum Gasteiger partial charge on any atom is -0.384 e. The zero-order valence-corrected chi connectivity index (χ0v) is 10.9. The summed E-state index contributed by atoms with van der Waals surface area (Å²) < 4.78 is 4.85. The van der Waals surface area contributed by atoms with E-state index in [-0.39, 0.29) is 23.7 Å². The van der Waals surface area contributed by atoms with E-state index in [1.54, 1.807) is 19.1 Å². The maximum Gasteiger partial charge on any atom is 0.224 e. The van der Waals surface area contributed by atoms with Crippen molar-refractivity contribution in [3.8, 4) is 0 Å². The average molecular weight is 239 g/mol. The van der Waals surface area contributed by atoms with Crippen molar-refractivity contribution < 1.29 is 9.53 Å². The molecule has 0 aromatic carbocycles. The number of hydrogen-bond donors (Lipinski definition) is 1. The predicted octanol–water partition coefficient (Wildman–Crippen LogP) is 0.888. The van der Waals surface area contributed by atoms with Gasteiger partial charge in [0.15, 0.2) is 0 Å². The minimum absolute atomic E-state index is 0. The van der Waals surface area contributed by atoms with Crippen LogP contribution in [0.4, 0.5) is 0 Å². The van der Waals surface area contributed by atoms with Crippen LogP contribution in [0.15, 0.2) is 0 Å².